The van der Waals surface area contributed by atoms with Crippen molar-refractivity contribution in [3.63, 3.8) is 0 Å². The number of carbonyl (C=O) groups is 1. The van der Waals surface area contributed by atoms with E-state index in [0.717, 1.165) is 0 Å². The molecule has 0 bridgehead atoms. The highest BCUT2D eigenvalue weighted by molar-refractivity contribution is 7.80. The molecule has 0 aromatic carbocycles. The largest absolute Gasteiger partial charge is 0.392 e. The number of thiocarbonyl (C=S) groups is 1. The maximum absolute atomic E-state index is 12.0. The number of hydrogen-bond donors (Lipinski definition) is 2. The summed E-state index contributed by atoms with van der Waals surface area (Å²) in [5.74, 6) is 0.496. The third-order valence-electron chi connectivity index (χ3n) is 2.96. The van der Waals surface area contributed by atoms with Crippen LogP contribution in [0.15, 0.2) is 6.33 Å². The molecule has 1 aromatic rings. The van der Waals surface area contributed by atoms with E-state index in [9.17, 15) is 4.79 Å². The Bertz CT molecular complexity index is 430. The van der Waals surface area contributed by atoms with Crippen LogP contribution in [-0.4, -0.2) is 25.7 Å². The molecular weight excluding hydrogens is 238 g/mol. The van der Waals surface area contributed by atoms with Crippen LogP contribution in [0.1, 0.15) is 26.1 Å². The maximum atomic E-state index is 12.0. The first-order valence-electron chi connectivity index (χ1n) is 5.33. The summed E-state index contributed by atoms with van der Waals surface area (Å²) in [7, 11) is 1.81. The minimum atomic E-state index is -0.812. The van der Waals surface area contributed by atoms with Crippen molar-refractivity contribution >= 4 is 23.1 Å². The number of nitrogens with zero attached hydrogens (tertiary/aromatic N) is 3. The quantitative estimate of drug-likeness (QED) is 0.731. The second-order valence-corrected chi connectivity index (χ2v) is 4.53. The van der Waals surface area contributed by atoms with Crippen LogP contribution in [0.5, 0.6) is 0 Å². The molecule has 1 unspecified atom stereocenters. The molecule has 6 nitrogen and oxygen atoms in total. The Labute approximate surface area is 106 Å². The number of nitrogens with two attached hydrogens (primary N) is 1. The van der Waals surface area contributed by atoms with Gasteiger partial charge in [0.15, 0.2) is 5.82 Å². The number of aryl methyl sites for hydroxylation is 1. The van der Waals surface area contributed by atoms with Gasteiger partial charge >= 0.3 is 0 Å². The molecule has 0 aliphatic rings. The van der Waals surface area contributed by atoms with Crippen LogP contribution in [0, 0.1) is 5.41 Å². The monoisotopic (exact) mass is 255 g/mol. The predicted molar refractivity (Wildman–Crippen MR) is 68.0 cm³/mol. The number of amides is 1. The average Bonchev–Trinajstić information content (AvgIpc) is 2.70. The lowest BCUT2D eigenvalue weighted by atomic mass is 9.86. The molecule has 0 saturated carbocycles. The Morgan fingerprint density at radius 3 is 2.76 bits per heavy atom. The van der Waals surface area contributed by atoms with Crippen LogP contribution < -0.4 is 11.1 Å². The Kier molecular flexibility index (Phi) is 4.17. The van der Waals surface area contributed by atoms with Crippen molar-refractivity contribution in [1.29, 1.82) is 0 Å². The highest BCUT2D eigenvalue weighted by Crippen LogP contribution is 2.21. The Hall–Kier alpha value is -1.50. The predicted octanol–water partition coefficient (Wildman–Crippen LogP) is 0.134. The maximum Gasteiger partial charge on any atom is 0.233 e. The topological polar surface area (TPSA) is 85.8 Å². The van der Waals surface area contributed by atoms with Gasteiger partial charge in [0, 0.05) is 7.05 Å². The number of nitrogens with one attached hydrogen (secondary N) is 1. The highest BCUT2D eigenvalue weighted by Gasteiger charge is 2.34. The molecule has 1 atom stereocenters. The van der Waals surface area contributed by atoms with E-state index in [4.69, 9.17) is 18.0 Å². The standard InChI is InChI=1S/C10H17N5OS/c1-4-10(2,8(11)17)9(16)12-5-7-14-13-6-15(7)3/h6H,4-5H2,1-3H3,(H2,11,17)(H,12,16). The SMILES string of the molecule is CCC(C)(C(=O)NCc1nncn1C)C(N)=S. The van der Waals surface area contributed by atoms with Gasteiger partial charge in [-0.25, -0.2) is 0 Å². The summed E-state index contributed by atoms with van der Waals surface area (Å²) in [6, 6.07) is 0. The normalized spacial score (nSPS) is 14.1. The van der Waals surface area contributed by atoms with E-state index in [0.29, 0.717) is 18.8 Å². The smallest absolute Gasteiger partial charge is 0.233 e. The van der Waals surface area contributed by atoms with Gasteiger partial charge in [-0.2, -0.15) is 0 Å². The molecule has 3 N–H and O–H groups in total. The average molecular weight is 255 g/mol. The third-order valence-corrected chi connectivity index (χ3v) is 3.41. The first-order chi connectivity index (χ1) is 7.91. The van der Waals surface area contributed by atoms with E-state index in [-0.39, 0.29) is 10.9 Å². The van der Waals surface area contributed by atoms with Crippen molar-refractivity contribution in [3.05, 3.63) is 12.2 Å². The van der Waals surface area contributed by atoms with Gasteiger partial charge in [-0.15, -0.1) is 10.2 Å². The second-order valence-electron chi connectivity index (χ2n) is 4.09. The molecule has 94 valence electrons. The third kappa shape index (κ3) is 2.79. The Balaban J connectivity index is 2.67. The minimum Gasteiger partial charge on any atom is -0.392 e. The molecule has 17 heavy (non-hydrogen) atoms. The van der Waals surface area contributed by atoms with E-state index in [1.807, 2.05) is 14.0 Å². The zero-order chi connectivity index (χ0) is 13.1. The zero-order valence-electron chi connectivity index (χ0n) is 10.2. The summed E-state index contributed by atoms with van der Waals surface area (Å²) < 4.78 is 1.74. The summed E-state index contributed by atoms with van der Waals surface area (Å²) in [6.45, 7) is 3.93. The van der Waals surface area contributed by atoms with E-state index < -0.39 is 5.41 Å². The van der Waals surface area contributed by atoms with Crippen LogP contribution in [0.4, 0.5) is 0 Å². The fourth-order valence-electron chi connectivity index (χ4n) is 1.27. The first kappa shape index (κ1) is 13.6. The van der Waals surface area contributed by atoms with Gasteiger partial charge in [0.25, 0.3) is 0 Å². The molecule has 0 spiro atoms. The van der Waals surface area contributed by atoms with Crippen molar-refractivity contribution in [2.24, 2.45) is 18.2 Å². The highest BCUT2D eigenvalue weighted by atomic mass is 32.1. The number of rotatable bonds is 5. The molecule has 7 heteroatoms. The molecular formula is C10H17N5OS. The summed E-state index contributed by atoms with van der Waals surface area (Å²) in [5.41, 5.74) is 4.79. The van der Waals surface area contributed by atoms with E-state index >= 15 is 0 Å². The second kappa shape index (κ2) is 5.22. The summed E-state index contributed by atoms with van der Waals surface area (Å²) in [4.78, 5) is 12.2. The van der Waals surface area contributed by atoms with Gasteiger partial charge < -0.3 is 15.6 Å². The molecule has 1 rings (SSSR count). The van der Waals surface area contributed by atoms with E-state index in [1.165, 1.54) is 0 Å². The summed E-state index contributed by atoms with van der Waals surface area (Å²) >= 11 is 4.93. The number of hydrogen-bond acceptors (Lipinski definition) is 4. The molecule has 0 saturated heterocycles. The fourth-order valence-corrected chi connectivity index (χ4v) is 1.51. The molecule has 0 fully saturated rings. The first-order valence-corrected chi connectivity index (χ1v) is 5.73. The summed E-state index contributed by atoms with van der Waals surface area (Å²) in [5, 5.41) is 10.4. The van der Waals surface area contributed by atoms with Crippen molar-refractivity contribution in [2.45, 2.75) is 26.8 Å². The minimum absolute atomic E-state index is 0.185. The Morgan fingerprint density at radius 1 is 1.71 bits per heavy atom. The van der Waals surface area contributed by atoms with Gasteiger partial charge in [-0.05, 0) is 13.3 Å². The molecule has 0 radical (unpaired) electrons. The molecule has 1 aromatic heterocycles. The van der Waals surface area contributed by atoms with Crippen molar-refractivity contribution in [2.75, 3.05) is 0 Å². The van der Waals surface area contributed by atoms with Crippen LogP contribution in [0.2, 0.25) is 0 Å². The van der Waals surface area contributed by atoms with Gasteiger partial charge in [0.1, 0.15) is 6.33 Å². The van der Waals surface area contributed by atoms with Crippen molar-refractivity contribution in [3.8, 4) is 0 Å². The van der Waals surface area contributed by atoms with Crippen LogP contribution in [0.3, 0.4) is 0 Å². The molecule has 1 heterocycles. The van der Waals surface area contributed by atoms with Gasteiger partial charge in [0.05, 0.1) is 16.9 Å². The fraction of sp³-hybridized carbons (Fsp3) is 0.600. The lowest BCUT2D eigenvalue weighted by Gasteiger charge is -2.25. The summed E-state index contributed by atoms with van der Waals surface area (Å²) in [6.07, 6.45) is 2.14. The van der Waals surface area contributed by atoms with Gasteiger partial charge in [-0.3, -0.25) is 4.79 Å². The van der Waals surface area contributed by atoms with Crippen molar-refractivity contribution in [1.82, 2.24) is 20.1 Å². The van der Waals surface area contributed by atoms with Crippen LogP contribution in [0.25, 0.3) is 0 Å². The zero-order valence-corrected chi connectivity index (χ0v) is 11.0. The number of aromatic nitrogens is 3. The van der Waals surface area contributed by atoms with Crippen LogP contribution >= 0.6 is 12.2 Å². The van der Waals surface area contributed by atoms with E-state index in [1.54, 1.807) is 17.8 Å². The lowest BCUT2D eigenvalue weighted by Crippen LogP contribution is -2.46. The van der Waals surface area contributed by atoms with Crippen LogP contribution in [-0.2, 0) is 18.4 Å². The van der Waals surface area contributed by atoms with E-state index in [2.05, 4.69) is 15.5 Å². The van der Waals surface area contributed by atoms with Gasteiger partial charge in [0.2, 0.25) is 5.91 Å². The molecule has 0 aliphatic heterocycles. The molecule has 0 aliphatic carbocycles. The lowest BCUT2D eigenvalue weighted by molar-refractivity contribution is -0.127. The van der Waals surface area contributed by atoms with Gasteiger partial charge in [-0.1, -0.05) is 19.1 Å². The molecule has 1 amide bonds. The Morgan fingerprint density at radius 2 is 2.35 bits per heavy atom. The number of carbonyl (C=O) groups excluding carboxylic acids is 1. The van der Waals surface area contributed by atoms with Crippen molar-refractivity contribution < 1.29 is 4.79 Å².